The molecule has 2 amide bonds. The van der Waals surface area contributed by atoms with Gasteiger partial charge >= 0.3 is 0 Å². The number of Topliss-reactive ketones (excluding diaryl/α,β-unsaturated/α-hetero) is 1. The van der Waals surface area contributed by atoms with Crippen molar-refractivity contribution in [1.82, 2.24) is 4.90 Å². The van der Waals surface area contributed by atoms with Gasteiger partial charge in [0.25, 0.3) is 0 Å². The summed E-state index contributed by atoms with van der Waals surface area (Å²) in [6.45, 7) is 4.47. The third kappa shape index (κ3) is 2.93. The molecule has 164 valence electrons. The lowest BCUT2D eigenvalue weighted by molar-refractivity contribution is -0.141. The van der Waals surface area contributed by atoms with Crippen molar-refractivity contribution in [3.8, 4) is 0 Å². The first-order valence-electron chi connectivity index (χ1n) is 10.9. The molecule has 3 heterocycles. The highest BCUT2D eigenvalue weighted by Crippen LogP contribution is 2.50. The van der Waals surface area contributed by atoms with Crippen molar-refractivity contribution in [3.05, 3.63) is 71.3 Å². The van der Waals surface area contributed by atoms with Gasteiger partial charge in [-0.2, -0.15) is 0 Å². The SMILES string of the molecule is COCCN1C(=O)C2C(C1=O)C(C(=O)c1ccc(C)cc1)N1c3ccccc3C(C)=CC21. The normalized spacial score (nSPS) is 26.0. The number of likely N-dealkylation sites (tertiary alicyclic amines) is 1. The van der Waals surface area contributed by atoms with Crippen LogP contribution >= 0.6 is 0 Å². The number of methoxy groups -OCH3 is 1. The minimum Gasteiger partial charge on any atom is -0.383 e. The van der Waals surface area contributed by atoms with Gasteiger partial charge in [-0.05, 0) is 25.5 Å². The van der Waals surface area contributed by atoms with Crippen LogP contribution in [0.1, 0.15) is 28.4 Å². The molecule has 0 aromatic heterocycles. The molecule has 6 nitrogen and oxygen atoms in total. The molecule has 2 aromatic rings. The smallest absolute Gasteiger partial charge is 0.235 e. The van der Waals surface area contributed by atoms with Gasteiger partial charge in [-0.15, -0.1) is 0 Å². The molecule has 32 heavy (non-hydrogen) atoms. The number of hydrogen-bond acceptors (Lipinski definition) is 5. The number of carbonyl (C=O) groups is 3. The van der Waals surface area contributed by atoms with Crippen molar-refractivity contribution in [3.63, 3.8) is 0 Å². The van der Waals surface area contributed by atoms with Crippen LogP contribution < -0.4 is 4.90 Å². The van der Waals surface area contributed by atoms with Crippen molar-refractivity contribution in [2.24, 2.45) is 11.8 Å². The van der Waals surface area contributed by atoms with E-state index in [4.69, 9.17) is 4.74 Å². The number of rotatable bonds is 5. The Morgan fingerprint density at radius 3 is 2.38 bits per heavy atom. The fraction of sp³-hybridized carbons (Fsp3) is 0.346. The van der Waals surface area contributed by atoms with E-state index in [-0.39, 0.29) is 36.8 Å². The quantitative estimate of drug-likeness (QED) is 0.539. The molecule has 2 aromatic carbocycles. The number of benzene rings is 2. The number of para-hydroxylation sites is 1. The van der Waals surface area contributed by atoms with Gasteiger partial charge in [0.1, 0.15) is 6.04 Å². The number of fused-ring (bicyclic) bond motifs is 5. The zero-order valence-electron chi connectivity index (χ0n) is 18.4. The molecule has 0 bridgehead atoms. The van der Waals surface area contributed by atoms with Crippen molar-refractivity contribution < 1.29 is 19.1 Å². The van der Waals surface area contributed by atoms with E-state index in [1.807, 2.05) is 61.2 Å². The summed E-state index contributed by atoms with van der Waals surface area (Å²) in [4.78, 5) is 44.1. The maximum absolute atomic E-state index is 13.9. The average molecular weight is 431 g/mol. The number of anilines is 1. The molecule has 0 spiro atoms. The first-order valence-corrected chi connectivity index (χ1v) is 10.9. The average Bonchev–Trinajstić information content (AvgIpc) is 3.25. The van der Waals surface area contributed by atoms with E-state index in [9.17, 15) is 14.4 Å². The third-order valence-corrected chi connectivity index (χ3v) is 6.97. The zero-order valence-corrected chi connectivity index (χ0v) is 18.4. The summed E-state index contributed by atoms with van der Waals surface area (Å²) < 4.78 is 5.11. The lowest BCUT2D eigenvalue weighted by Crippen LogP contribution is -2.49. The molecule has 4 atom stereocenters. The van der Waals surface area contributed by atoms with Gasteiger partial charge in [0.2, 0.25) is 11.8 Å². The molecule has 2 fully saturated rings. The Kier molecular flexibility index (Phi) is 4.97. The molecule has 0 aliphatic carbocycles. The van der Waals surface area contributed by atoms with Gasteiger partial charge in [0.05, 0.1) is 31.0 Å². The minimum atomic E-state index is -0.734. The molecule has 0 N–H and O–H groups in total. The molecule has 0 saturated carbocycles. The van der Waals surface area contributed by atoms with Gasteiger partial charge in [0.15, 0.2) is 5.78 Å². The van der Waals surface area contributed by atoms with Gasteiger partial charge < -0.3 is 9.64 Å². The highest BCUT2D eigenvalue weighted by atomic mass is 16.5. The van der Waals surface area contributed by atoms with Crippen molar-refractivity contribution in [2.45, 2.75) is 25.9 Å². The molecule has 6 heteroatoms. The predicted molar refractivity (Wildman–Crippen MR) is 121 cm³/mol. The fourth-order valence-corrected chi connectivity index (χ4v) is 5.45. The number of aryl methyl sites for hydroxylation is 1. The van der Waals surface area contributed by atoms with E-state index in [1.54, 1.807) is 19.2 Å². The first-order chi connectivity index (χ1) is 15.4. The van der Waals surface area contributed by atoms with Crippen LogP contribution in [0.4, 0.5) is 5.69 Å². The van der Waals surface area contributed by atoms with Crippen LogP contribution in [0, 0.1) is 18.8 Å². The van der Waals surface area contributed by atoms with Crippen molar-refractivity contribution in [2.75, 3.05) is 25.2 Å². The molecule has 2 saturated heterocycles. The number of amides is 2. The molecular weight excluding hydrogens is 404 g/mol. The third-order valence-electron chi connectivity index (χ3n) is 6.97. The first kappa shape index (κ1) is 20.6. The second-order valence-corrected chi connectivity index (χ2v) is 8.81. The molecule has 0 radical (unpaired) electrons. The fourth-order valence-electron chi connectivity index (χ4n) is 5.45. The summed E-state index contributed by atoms with van der Waals surface area (Å²) in [5, 5.41) is 0. The summed E-state index contributed by atoms with van der Waals surface area (Å²) in [5.74, 6) is -1.91. The van der Waals surface area contributed by atoms with Crippen LogP contribution in [-0.2, 0) is 14.3 Å². The van der Waals surface area contributed by atoms with Crippen LogP contribution in [0.3, 0.4) is 0 Å². The Bertz CT molecular complexity index is 1140. The number of ether oxygens (including phenoxy) is 1. The lowest BCUT2D eigenvalue weighted by Gasteiger charge is -2.38. The Balaban J connectivity index is 1.64. The van der Waals surface area contributed by atoms with E-state index < -0.39 is 17.9 Å². The number of carbonyl (C=O) groups excluding carboxylic acids is 3. The Labute approximate surface area is 187 Å². The van der Waals surface area contributed by atoms with Gasteiger partial charge in [-0.25, -0.2) is 0 Å². The number of hydrogen-bond donors (Lipinski definition) is 0. The molecule has 5 rings (SSSR count). The van der Waals surface area contributed by atoms with Gasteiger partial charge in [-0.1, -0.05) is 54.1 Å². The summed E-state index contributed by atoms with van der Waals surface area (Å²) in [6.07, 6.45) is 2.05. The second-order valence-electron chi connectivity index (χ2n) is 8.81. The maximum Gasteiger partial charge on any atom is 0.235 e. The summed E-state index contributed by atoms with van der Waals surface area (Å²) in [7, 11) is 1.54. The predicted octanol–water partition coefficient (Wildman–Crippen LogP) is 3.10. The standard InChI is InChI=1S/C26H26N2O4/c1-15-8-10-17(11-9-15)24(29)23-22-21(25(30)27(26(22)31)12-13-32-3)20-14-16(2)18-6-4-5-7-19(18)28(20)23/h4-11,14,20-23H,12-13H2,1-3H3. The van der Waals surface area contributed by atoms with E-state index in [2.05, 4.69) is 0 Å². The molecule has 4 unspecified atom stereocenters. The summed E-state index contributed by atoms with van der Waals surface area (Å²) >= 11 is 0. The topological polar surface area (TPSA) is 66.9 Å². The monoisotopic (exact) mass is 430 g/mol. The van der Waals surface area contributed by atoms with E-state index in [0.717, 1.165) is 22.4 Å². The second kappa shape index (κ2) is 7.71. The highest BCUT2D eigenvalue weighted by Gasteiger charge is 2.64. The summed E-state index contributed by atoms with van der Waals surface area (Å²) in [6, 6.07) is 14.2. The van der Waals surface area contributed by atoms with Crippen LogP contribution in [0.5, 0.6) is 0 Å². The minimum absolute atomic E-state index is 0.125. The Morgan fingerprint density at radius 1 is 0.969 bits per heavy atom. The van der Waals surface area contributed by atoms with Gasteiger partial charge in [-0.3, -0.25) is 19.3 Å². The zero-order chi connectivity index (χ0) is 22.6. The van der Waals surface area contributed by atoms with Crippen LogP contribution in [0.15, 0.2) is 54.6 Å². The number of imide groups is 1. The van der Waals surface area contributed by atoms with E-state index in [0.29, 0.717) is 5.56 Å². The molecular formula is C26H26N2O4. The van der Waals surface area contributed by atoms with E-state index in [1.165, 1.54) is 4.90 Å². The highest BCUT2D eigenvalue weighted by molar-refractivity contribution is 6.14. The Hall–Kier alpha value is -3.25. The molecule has 3 aliphatic heterocycles. The van der Waals surface area contributed by atoms with Crippen LogP contribution in [0.2, 0.25) is 0 Å². The van der Waals surface area contributed by atoms with Crippen molar-refractivity contribution >= 4 is 28.9 Å². The number of allylic oxidation sites excluding steroid dienone is 1. The molecule has 3 aliphatic rings. The number of nitrogens with zero attached hydrogens (tertiary/aromatic N) is 2. The summed E-state index contributed by atoms with van der Waals surface area (Å²) in [5.41, 5.74) is 4.60. The van der Waals surface area contributed by atoms with Gasteiger partial charge in [0, 0.05) is 23.9 Å². The number of ketones is 1. The van der Waals surface area contributed by atoms with Crippen LogP contribution in [0.25, 0.3) is 5.57 Å². The lowest BCUT2D eigenvalue weighted by atomic mass is 9.85. The van der Waals surface area contributed by atoms with Crippen molar-refractivity contribution in [1.29, 1.82) is 0 Å². The largest absolute Gasteiger partial charge is 0.383 e. The van der Waals surface area contributed by atoms with Crippen LogP contribution in [-0.4, -0.2) is 54.8 Å². The maximum atomic E-state index is 13.9. The Morgan fingerprint density at radius 2 is 1.66 bits per heavy atom. The van der Waals surface area contributed by atoms with E-state index >= 15 is 0 Å².